The van der Waals surface area contributed by atoms with Gasteiger partial charge in [-0.15, -0.1) is 0 Å². The number of fused-ring (bicyclic) bond motifs is 1. The molecule has 0 atom stereocenters. The van der Waals surface area contributed by atoms with E-state index in [-0.39, 0.29) is 11.1 Å². The molecule has 0 saturated carbocycles. The van der Waals surface area contributed by atoms with Gasteiger partial charge in [-0.25, -0.2) is 0 Å². The average molecular weight is 351 g/mol. The summed E-state index contributed by atoms with van der Waals surface area (Å²) in [6.45, 7) is 2.29. The molecule has 0 saturated heterocycles. The van der Waals surface area contributed by atoms with Gasteiger partial charge in [0.1, 0.15) is 5.75 Å². The molecule has 134 valence electrons. The van der Waals surface area contributed by atoms with Gasteiger partial charge in [-0.2, -0.15) is 5.10 Å². The Balaban J connectivity index is 1.93. The molecule has 2 aromatic carbocycles. The van der Waals surface area contributed by atoms with Crippen LogP contribution in [0.3, 0.4) is 0 Å². The standard InChI is InChI=1S/C20H21N3O3/c1-13-5-10-17-16(11-13)19(24)18(21-23(17)3)20(25)22(2)12-14-6-8-15(26-4)9-7-14/h5-11H,12H2,1-4H3. The van der Waals surface area contributed by atoms with Crippen LogP contribution >= 0.6 is 0 Å². The van der Waals surface area contributed by atoms with Crippen molar-refractivity contribution in [2.75, 3.05) is 14.2 Å². The summed E-state index contributed by atoms with van der Waals surface area (Å²) in [7, 11) is 5.00. The highest BCUT2D eigenvalue weighted by atomic mass is 16.5. The molecule has 26 heavy (non-hydrogen) atoms. The maximum absolute atomic E-state index is 12.8. The predicted octanol–water partition coefficient (Wildman–Crippen LogP) is 2.52. The second-order valence-electron chi connectivity index (χ2n) is 6.33. The molecular formula is C20H21N3O3. The van der Waals surface area contributed by atoms with Crippen LogP contribution in [0.2, 0.25) is 0 Å². The Kier molecular flexibility index (Phi) is 4.75. The van der Waals surface area contributed by atoms with E-state index in [0.29, 0.717) is 17.4 Å². The highest BCUT2D eigenvalue weighted by molar-refractivity contribution is 5.95. The highest BCUT2D eigenvalue weighted by Gasteiger charge is 2.20. The lowest BCUT2D eigenvalue weighted by Gasteiger charge is -2.17. The van der Waals surface area contributed by atoms with Gasteiger partial charge < -0.3 is 9.64 Å². The Hall–Kier alpha value is -3.15. The van der Waals surface area contributed by atoms with E-state index in [1.54, 1.807) is 32.0 Å². The molecule has 0 fully saturated rings. The lowest BCUT2D eigenvalue weighted by Crippen LogP contribution is -2.33. The fourth-order valence-corrected chi connectivity index (χ4v) is 2.89. The molecule has 0 spiro atoms. The predicted molar refractivity (Wildman–Crippen MR) is 101 cm³/mol. The van der Waals surface area contributed by atoms with Crippen LogP contribution < -0.4 is 10.2 Å². The summed E-state index contributed by atoms with van der Waals surface area (Å²) < 4.78 is 6.71. The smallest absolute Gasteiger partial charge is 0.278 e. The van der Waals surface area contributed by atoms with Crippen molar-refractivity contribution in [3.05, 3.63) is 69.5 Å². The minimum absolute atomic E-state index is 0.0680. The van der Waals surface area contributed by atoms with E-state index in [2.05, 4.69) is 5.10 Å². The third-order valence-electron chi connectivity index (χ3n) is 4.34. The fourth-order valence-electron chi connectivity index (χ4n) is 2.89. The second-order valence-corrected chi connectivity index (χ2v) is 6.33. The number of methoxy groups -OCH3 is 1. The Bertz CT molecular complexity index is 1020. The summed E-state index contributed by atoms with van der Waals surface area (Å²) in [6.07, 6.45) is 0. The van der Waals surface area contributed by atoms with Gasteiger partial charge in [-0.1, -0.05) is 23.8 Å². The molecular weight excluding hydrogens is 330 g/mol. The third-order valence-corrected chi connectivity index (χ3v) is 4.34. The lowest BCUT2D eigenvalue weighted by molar-refractivity contribution is 0.0776. The van der Waals surface area contributed by atoms with Crippen LogP contribution in [0.5, 0.6) is 5.75 Å². The number of carbonyl (C=O) groups excluding carboxylic acids is 1. The number of hydrogen-bond donors (Lipinski definition) is 0. The maximum Gasteiger partial charge on any atom is 0.278 e. The van der Waals surface area contributed by atoms with Gasteiger partial charge in [0.05, 0.1) is 18.0 Å². The Morgan fingerprint density at radius 2 is 1.88 bits per heavy atom. The van der Waals surface area contributed by atoms with Gasteiger partial charge >= 0.3 is 0 Å². The van der Waals surface area contributed by atoms with E-state index in [9.17, 15) is 9.59 Å². The highest BCUT2D eigenvalue weighted by Crippen LogP contribution is 2.14. The van der Waals surface area contributed by atoms with Crippen molar-refractivity contribution in [2.24, 2.45) is 7.05 Å². The van der Waals surface area contributed by atoms with Crippen molar-refractivity contribution in [1.82, 2.24) is 14.7 Å². The van der Waals surface area contributed by atoms with Crippen LogP contribution in [-0.4, -0.2) is 34.7 Å². The largest absolute Gasteiger partial charge is 0.497 e. The van der Waals surface area contributed by atoms with Crippen molar-refractivity contribution in [2.45, 2.75) is 13.5 Å². The first kappa shape index (κ1) is 17.7. The number of ether oxygens (including phenoxy) is 1. The molecule has 0 unspecified atom stereocenters. The number of aryl methyl sites for hydroxylation is 2. The molecule has 0 aliphatic carbocycles. The van der Waals surface area contributed by atoms with E-state index in [0.717, 1.165) is 16.9 Å². The van der Waals surface area contributed by atoms with Crippen molar-refractivity contribution < 1.29 is 9.53 Å². The first-order chi connectivity index (χ1) is 12.4. The van der Waals surface area contributed by atoms with E-state index < -0.39 is 5.91 Å². The topological polar surface area (TPSA) is 64.4 Å². The van der Waals surface area contributed by atoms with Gasteiger partial charge in [0.25, 0.3) is 5.91 Å². The monoisotopic (exact) mass is 351 g/mol. The number of aromatic nitrogens is 2. The normalized spacial score (nSPS) is 10.8. The summed E-state index contributed by atoms with van der Waals surface area (Å²) in [5, 5.41) is 4.72. The molecule has 0 aliphatic heterocycles. The zero-order valence-electron chi connectivity index (χ0n) is 15.3. The number of rotatable bonds is 4. The third kappa shape index (κ3) is 3.31. The van der Waals surface area contributed by atoms with Crippen LogP contribution in [0.1, 0.15) is 21.6 Å². The molecule has 3 rings (SSSR count). The average Bonchev–Trinajstić information content (AvgIpc) is 2.64. The number of nitrogens with zero attached hydrogens (tertiary/aromatic N) is 3. The van der Waals surface area contributed by atoms with Gasteiger partial charge in [0, 0.05) is 20.6 Å². The lowest BCUT2D eigenvalue weighted by atomic mass is 10.1. The van der Waals surface area contributed by atoms with Crippen molar-refractivity contribution in [1.29, 1.82) is 0 Å². The number of carbonyl (C=O) groups is 1. The molecule has 0 N–H and O–H groups in total. The summed E-state index contributed by atoms with van der Waals surface area (Å²) in [6, 6.07) is 13.0. The summed E-state index contributed by atoms with van der Waals surface area (Å²) in [4.78, 5) is 27.1. The maximum atomic E-state index is 12.8. The number of hydrogen-bond acceptors (Lipinski definition) is 4. The molecule has 1 aromatic heterocycles. The Labute approximate surface area is 151 Å². The van der Waals surface area contributed by atoms with Gasteiger partial charge in [0.15, 0.2) is 5.69 Å². The van der Waals surface area contributed by atoms with Gasteiger partial charge in [0.2, 0.25) is 5.43 Å². The van der Waals surface area contributed by atoms with Crippen LogP contribution in [0.15, 0.2) is 47.3 Å². The quantitative estimate of drug-likeness (QED) is 0.724. The molecule has 6 heteroatoms. The summed E-state index contributed by atoms with van der Waals surface area (Å²) >= 11 is 0. The molecule has 0 aliphatic rings. The second kappa shape index (κ2) is 7.00. The van der Waals surface area contributed by atoms with E-state index in [1.165, 1.54) is 4.90 Å². The zero-order valence-corrected chi connectivity index (χ0v) is 15.3. The molecule has 1 heterocycles. The molecule has 0 bridgehead atoms. The molecule has 6 nitrogen and oxygen atoms in total. The van der Waals surface area contributed by atoms with Crippen LogP contribution in [-0.2, 0) is 13.6 Å². The van der Waals surface area contributed by atoms with Crippen LogP contribution in [0.25, 0.3) is 10.9 Å². The Morgan fingerprint density at radius 3 is 2.54 bits per heavy atom. The van der Waals surface area contributed by atoms with Crippen molar-refractivity contribution in [3.63, 3.8) is 0 Å². The minimum Gasteiger partial charge on any atom is -0.497 e. The van der Waals surface area contributed by atoms with Gasteiger partial charge in [-0.3, -0.25) is 14.3 Å². The van der Waals surface area contributed by atoms with Crippen LogP contribution in [0.4, 0.5) is 0 Å². The number of benzene rings is 2. The first-order valence-corrected chi connectivity index (χ1v) is 8.27. The zero-order chi connectivity index (χ0) is 18.8. The van der Waals surface area contributed by atoms with E-state index in [4.69, 9.17) is 4.74 Å². The molecule has 1 amide bonds. The first-order valence-electron chi connectivity index (χ1n) is 8.27. The molecule has 3 aromatic rings. The van der Waals surface area contributed by atoms with Gasteiger partial charge in [-0.05, 0) is 36.8 Å². The fraction of sp³-hybridized carbons (Fsp3) is 0.250. The number of amides is 1. The summed E-state index contributed by atoms with van der Waals surface area (Å²) in [5.74, 6) is 0.355. The van der Waals surface area contributed by atoms with E-state index >= 15 is 0 Å². The van der Waals surface area contributed by atoms with Crippen LogP contribution in [0, 0.1) is 6.92 Å². The van der Waals surface area contributed by atoms with Crippen molar-refractivity contribution in [3.8, 4) is 5.75 Å². The van der Waals surface area contributed by atoms with E-state index in [1.807, 2.05) is 43.3 Å². The summed E-state index contributed by atoms with van der Waals surface area (Å²) in [5.41, 5.74) is 2.20. The Morgan fingerprint density at radius 1 is 1.19 bits per heavy atom. The minimum atomic E-state index is -0.398. The molecule has 0 radical (unpaired) electrons. The van der Waals surface area contributed by atoms with Crippen molar-refractivity contribution >= 4 is 16.8 Å². The SMILES string of the molecule is COc1ccc(CN(C)C(=O)c2nn(C)c3ccc(C)cc3c2=O)cc1.